The van der Waals surface area contributed by atoms with Gasteiger partial charge in [0.15, 0.2) is 5.13 Å². The van der Waals surface area contributed by atoms with Crippen molar-refractivity contribution in [3.05, 3.63) is 53.6 Å². The van der Waals surface area contributed by atoms with Crippen LogP contribution in [-0.2, 0) is 30.3 Å². The minimum atomic E-state index is -1.48. The van der Waals surface area contributed by atoms with E-state index in [0.717, 1.165) is 26.6 Å². The molecule has 1 heterocycles. The van der Waals surface area contributed by atoms with Gasteiger partial charge in [-0.15, -0.1) is 0 Å². The minimum absolute atomic E-state index is 0.00396. The molecule has 2 N–H and O–H groups in total. The maximum atomic E-state index is 12.4. The molecule has 0 saturated carbocycles. The first-order chi connectivity index (χ1) is 15.4. The van der Waals surface area contributed by atoms with Gasteiger partial charge in [-0.05, 0) is 56.2 Å². The van der Waals surface area contributed by atoms with Gasteiger partial charge >= 0.3 is 11.9 Å². The number of benzene rings is 2. The van der Waals surface area contributed by atoms with Crippen molar-refractivity contribution in [3.63, 3.8) is 0 Å². The maximum Gasteiger partial charge on any atom is 0.340 e. The first kappa shape index (κ1) is 23.2. The molecule has 0 atom stereocenters. The Labute approximate surface area is 189 Å². The Bertz CT molecular complexity index is 1090. The van der Waals surface area contributed by atoms with Crippen molar-refractivity contribution in [1.82, 2.24) is 10.3 Å². The summed E-state index contributed by atoms with van der Waals surface area (Å²) in [5, 5.41) is 6.44. The summed E-state index contributed by atoms with van der Waals surface area (Å²) in [6, 6.07) is 11.9. The molecule has 168 valence electrons. The van der Waals surface area contributed by atoms with Crippen molar-refractivity contribution in [2.45, 2.75) is 33.2 Å². The molecule has 0 aliphatic rings. The normalized spacial score (nSPS) is 10.8. The van der Waals surface area contributed by atoms with E-state index >= 15 is 0 Å². The van der Waals surface area contributed by atoms with Gasteiger partial charge in [0.2, 0.25) is 11.9 Å². The number of fused-ring (bicyclic) bond motifs is 1. The monoisotopic (exact) mass is 455 g/mol. The number of amides is 1. The van der Waals surface area contributed by atoms with Crippen LogP contribution in [0.4, 0.5) is 10.8 Å². The number of hydrogen-bond acceptors (Lipinski definition) is 8. The lowest BCUT2D eigenvalue weighted by atomic mass is 10.1. The molecule has 0 fully saturated rings. The van der Waals surface area contributed by atoms with Crippen LogP contribution < -0.4 is 10.6 Å². The summed E-state index contributed by atoms with van der Waals surface area (Å²) in [7, 11) is 0. The molecule has 0 aliphatic heterocycles. The fraction of sp³-hybridized carbons (Fsp3) is 0.304. The van der Waals surface area contributed by atoms with E-state index in [1.807, 2.05) is 31.2 Å². The molecule has 8 nitrogen and oxygen atoms in total. The summed E-state index contributed by atoms with van der Waals surface area (Å²) in [6.45, 7) is 5.46. The molecule has 0 radical (unpaired) electrons. The van der Waals surface area contributed by atoms with Gasteiger partial charge in [-0.3, -0.25) is 4.79 Å². The topological polar surface area (TPSA) is 107 Å². The van der Waals surface area contributed by atoms with E-state index in [1.165, 1.54) is 5.56 Å². The summed E-state index contributed by atoms with van der Waals surface area (Å²) in [5.74, 6) is -2.17. The third-order valence-electron chi connectivity index (χ3n) is 4.46. The fourth-order valence-electron chi connectivity index (χ4n) is 2.98. The van der Waals surface area contributed by atoms with E-state index in [2.05, 4.69) is 21.7 Å². The highest BCUT2D eigenvalue weighted by atomic mass is 32.1. The first-order valence-corrected chi connectivity index (χ1v) is 11.1. The summed E-state index contributed by atoms with van der Waals surface area (Å²) in [5.41, 5.74) is 3.68. The van der Waals surface area contributed by atoms with Gasteiger partial charge in [-0.25, -0.2) is 14.6 Å². The third-order valence-corrected chi connectivity index (χ3v) is 5.40. The number of nitrogens with one attached hydrogen (secondary N) is 2. The Morgan fingerprint density at radius 2 is 1.66 bits per heavy atom. The van der Waals surface area contributed by atoms with Crippen molar-refractivity contribution in [1.29, 1.82) is 0 Å². The number of thiazole rings is 1. The van der Waals surface area contributed by atoms with Gasteiger partial charge < -0.3 is 20.1 Å². The van der Waals surface area contributed by atoms with E-state index < -0.39 is 23.9 Å². The summed E-state index contributed by atoms with van der Waals surface area (Å²) < 4.78 is 10.8. The molecule has 3 aromatic rings. The van der Waals surface area contributed by atoms with Crippen LogP contribution in [0.5, 0.6) is 0 Å². The Balaban J connectivity index is 1.61. The van der Waals surface area contributed by atoms with Gasteiger partial charge in [-0.1, -0.05) is 29.5 Å². The molecule has 2 aromatic carbocycles. The predicted octanol–water partition coefficient (Wildman–Crippen LogP) is 3.50. The smallest absolute Gasteiger partial charge is 0.340 e. The van der Waals surface area contributed by atoms with Crippen molar-refractivity contribution in [2.75, 3.05) is 18.5 Å². The molecular formula is C23H25N3O5S. The minimum Gasteiger partial charge on any atom is -0.464 e. The van der Waals surface area contributed by atoms with Crippen LogP contribution in [0.3, 0.4) is 0 Å². The number of nitrogens with zero attached hydrogens (tertiary/aromatic N) is 1. The molecular weight excluding hydrogens is 430 g/mol. The first-order valence-electron chi connectivity index (χ1n) is 10.3. The van der Waals surface area contributed by atoms with Crippen molar-refractivity contribution < 1.29 is 23.9 Å². The van der Waals surface area contributed by atoms with Crippen LogP contribution in [-0.4, -0.2) is 42.1 Å². The number of aryl methyl sites for hydroxylation is 1. The second-order valence-corrected chi connectivity index (χ2v) is 8.02. The molecule has 0 saturated heterocycles. The Morgan fingerprint density at radius 1 is 1.00 bits per heavy atom. The SMILES string of the molecule is CCOC(=O)C(NC(=O)Cc1ccc(Nc2nc3ccc(C)cc3s2)cc1)C(=O)OCC. The van der Waals surface area contributed by atoms with Gasteiger partial charge in [-0.2, -0.15) is 0 Å². The highest BCUT2D eigenvalue weighted by Gasteiger charge is 2.31. The van der Waals surface area contributed by atoms with E-state index in [4.69, 9.17) is 9.47 Å². The number of ether oxygens (including phenoxy) is 2. The second-order valence-electron chi connectivity index (χ2n) is 6.99. The van der Waals surface area contributed by atoms with Crippen LogP contribution >= 0.6 is 11.3 Å². The summed E-state index contributed by atoms with van der Waals surface area (Å²) in [4.78, 5) is 41.0. The largest absolute Gasteiger partial charge is 0.464 e. The highest BCUT2D eigenvalue weighted by molar-refractivity contribution is 7.22. The lowest BCUT2D eigenvalue weighted by Crippen LogP contribution is -2.48. The van der Waals surface area contributed by atoms with Gasteiger partial charge in [0.25, 0.3) is 0 Å². The molecule has 0 spiro atoms. The lowest BCUT2D eigenvalue weighted by Gasteiger charge is -2.16. The van der Waals surface area contributed by atoms with E-state index in [1.54, 1.807) is 37.3 Å². The second kappa shape index (κ2) is 10.7. The highest BCUT2D eigenvalue weighted by Crippen LogP contribution is 2.29. The summed E-state index contributed by atoms with van der Waals surface area (Å²) >= 11 is 1.57. The average Bonchev–Trinajstić information content (AvgIpc) is 3.15. The molecule has 0 unspecified atom stereocenters. The number of anilines is 2. The number of rotatable bonds is 9. The number of carbonyl (C=O) groups is 3. The zero-order chi connectivity index (χ0) is 23.1. The van der Waals surface area contributed by atoms with Crippen LogP contribution in [0, 0.1) is 6.92 Å². The average molecular weight is 456 g/mol. The van der Waals surface area contributed by atoms with Gasteiger partial charge in [0, 0.05) is 5.69 Å². The zero-order valence-electron chi connectivity index (χ0n) is 18.1. The van der Waals surface area contributed by atoms with Crippen molar-refractivity contribution in [3.8, 4) is 0 Å². The molecule has 1 amide bonds. The maximum absolute atomic E-state index is 12.4. The molecule has 1 aromatic heterocycles. The summed E-state index contributed by atoms with van der Waals surface area (Å²) in [6.07, 6.45) is -0.00396. The molecule has 0 aliphatic carbocycles. The van der Waals surface area contributed by atoms with Crippen molar-refractivity contribution in [2.24, 2.45) is 0 Å². The Morgan fingerprint density at radius 3 is 2.28 bits per heavy atom. The van der Waals surface area contributed by atoms with Crippen molar-refractivity contribution >= 4 is 50.2 Å². The number of aromatic nitrogens is 1. The third kappa shape index (κ3) is 6.04. The predicted molar refractivity (Wildman–Crippen MR) is 123 cm³/mol. The number of esters is 2. The Hall–Kier alpha value is -3.46. The molecule has 3 rings (SSSR count). The fourth-order valence-corrected chi connectivity index (χ4v) is 3.96. The lowest BCUT2D eigenvalue weighted by molar-refractivity contribution is -0.159. The van der Waals surface area contributed by atoms with Crippen LogP contribution in [0.15, 0.2) is 42.5 Å². The van der Waals surface area contributed by atoms with Gasteiger partial charge in [0.1, 0.15) is 0 Å². The molecule has 9 heteroatoms. The Kier molecular flexibility index (Phi) is 7.77. The van der Waals surface area contributed by atoms with E-state index in [9.17, 15) is 14.4 Å². The standard InChI is InChI=1S/C23H25N3O5S/c1-4-30-21(28)20(22(29)31-5-2)26-19(27)13-15-7-9-16(10-8-15)24-23-25-17-11-6-14(3)12-18(17)32-23/h6-12,20H,4-5,13H2,1-3H3,(H,24,25)(H,26,27). The van der Waals surface area contributed by atoms with Crippen LogP contribution in [0.25, 0.3) is 10.2 Å². The quantitative estimate of drug-likeness (QED) is 0.376. The molecule has 0 bridgehead atoms. The van der Waals surface area contributed by atoms with E-state index in [0.29, 0.717) is 0 Å². The van der Waals surface area contributed by atoms with E-state index in [-0.39, 0.29) is 19.6 Å². The molecule has 32 heavy (non-hydrogen) atoms. The van der Waals surface area contributed by atoms with Gasteiger partial charge in [0.05, 0.1) is 29.9 Å². The van der Waals surface area contributed by atoms with Crippen LogP contribution in [0.2, 0.25) is 0 Å². The number of carbonyl (C=O) groups excluding carboxylic acids is 3. The zero-order valence-corrected chi connectivity index (χ0v) is 19.0. The van der Waals surface area contributed by atoms with Crippen LogP contribution in [0.1, 0.15) is 25.0 Å². The number of hydrogen-bond donors (Lipinski definition) is 2.